The fourth-order valence-corrected chi connectivity index (χ4v) is 1.44. The zero-order chi connectivity index (χ0) is 9.14. The first kappa shape index (κ1) is 9.39. The van der Waals surface area contributed by atoms with Crippen LogP contribution in [-0.4, -0.2) is 10.8 Å². The summed E-state index contributed by atoms with van der Waals surface area (Å²) in [6.45, 7) is 3.53. The highest BCUT2D eigenvalue weighted by Gasteiger charge is 2.02. The van der Waals surface area contributed by atoms with E-state index in [-0.39, 0.29) is 5.78 Å². The number of hydrogen-bond donors (Lipinski definition) is 0. The van der Waals surface area contributed by atoms with Crippen molar-refractivity contribution >= 4 is 21.7 Å². The Morgan fingerprint density at radius 1 is 1.67 bits per heavy atom. The van der Waals surface area contributed by atoms with E-state index in [4.69, 9.17) is 0 Å². The number of carbonyl (C=O) groups excluding carboxylic acids is 1. The molecule has 0 fully saturated rings. The molecule has 0 aliphatic rings. The van der Waals surface area contributed by atoms with Gasteiger partial charge in [-0.2, -0.15) is 0 Å². The van der Waals surface area contributed by atoms with Gasteiger partial charge in [0.15, 0.2) is 0 Å². The average Bonchev–Trinajstić information content (AvgIpc) is 1.94. The molecule has 0 atom stereocenters. The van der Waals surface area contributed by atoms with Gasteiger partial charge in [0, 0.05) is 17.1 Å². The van der Waals surface area contributed by atoms with Crippen LogP contribution in [-0.2, 0) is 11.2 Å². The molecule has 0 spiro atoms. The minimum atomic E-state index is 0.146. The van der Waals surface area contributed by atoms with Crippen molar-refractivity contribution < 1.29 is 4.79 Å². The zero-order valence-electron chi connectivity index (χ0n) is 7.10. The fraction of sp³-hybridized carbons (Fsp3) is 0.333. The second-order valence-electron chi connectivity index (χ2n) is 2.80. The van der Waals surface area contributed by atoms with Gasteiger partial charge in [-0.05, 0) is 41.4 Å². The molecule has 0 aliphatic carbocycles. The highest BCUT2D eigenvalue weighted by atomic mass is 79.9. The molecule has 0 unspecified atom stereocenters. The molecule has 1 rings (SSSR count). The number of pyridine rings is 1. The highest BCUT2D eigenvalue weighted by molar-refractivity contribution is 9.10. The summed E-state index contributed by atoms with van der Waals surface area (Å²) >= 11 is 3.32. The van der Waals surface area contributed by atoms with Gasteiger partial charge in [0.25, 0.3) is 0 Å². The van der Waals surface area contributed by atoms with E-state index in [2.05, 4.69) is 20.9 Å². The van der Waals surface area contributed by atoms with Crippen LogP contribution in [0.5, 0.6) is 0 Å². The van der Waals surface area contributed by atoms with Gasteiger partial charge in [0.05, 0.1) is 5.69 Å². The third-order valence-electron chi connectivity index (χ3n) is 1.57. The largest absolute Gasteiger partial charge is 0.300 e. The summed E-state index contributed by atoms with van der Waals surface area (Å²) in [4.78, 5) is 14.9. The third kappa shape index (κ3) is 2.41. The molecule has 1 aromatic heterocycles. The second-order valence-corrected chi connectivity index (χ2v) is 3.71. The molecule has 3 heteroatoms. The number of rotatable bonds is 2. The number of ketones is 1. The quantitative estimate of drug-likeness (QED) is 0.777. The third-order valence-corrected chi connectivity index (χ3v) is 2.00. The van der Waals surface area contributed by atoms with Crippen molar-refractivity contribution in [3.05, 3.63) is 28.0 Å². The van der Waals surface area contributed by atoms with E-state index in [0.717, 1.165) is 15.7 Å². The maximum atomic E-state index is 10.8. The number of aryl methyl sites for hydroxylation is 1. The molecule has 0 bridgehead atoms. The number of carbonyl (C=O) groups is 1. The molecule has 0 aliphatic heterocycles. The maximum Gasteiger partial charge on any atom is 0.135 e. The van der Waals surface area contributed by atoms with Crippen LogP contribution in [0, 0.1) is 6.92 Å². The molecule has 0 saturated carbocycles. The molecule has 1 aromatic rings. The van der Waals surface area contributed by atoms with Gasteiger partial charge in [-0.3, -0.25) is 9.78 Å². The second kappa shape index (κ2) is 3.81. The standard InChI is InChI=1S/C9H10BrNO/c1-6-3-8(10)5-11-9(6)4-7(2)12/h3,5H,4H2,1-2H3. The van der Waals surface area contributed by atoms with E-state index in [1.54, 1.807) is 13.1 Å². The molecule has 0 radical (unpaired) electrons. The van der Waals surface area contributed by atoms with Gasteiger partial charge < -0.3 is 0 Å². The zero-order valence-corrected chi connectivity index (χ0v) is 8.68. The van der Waals surface area contributed by atoms with Crippen LogP contribution in [0.3, 0.4) is 0 Å². The summed E-state index contributed by atoms with van der Waals surface area (Å²) in [6, 6.07) is 1.96. The first-order valence-electron chi connectivity index (χ1n) is 3.70. The Morgan fingerprint density at radius 3 is 2.83 bits per heavy atom. The van der Waals surface area contributed by atoms with Gasteiger partial charge in [-0.15, -0.1) is 0 Å². The lowest BCUT2D eigenvalue weighted by atomic mass is 10.1. The molecule has 0 saturated heterocycles. The topological polar surface area (TPSA) is 30.0 Å². The van der Waals surface area contributed by atoms with Gasteiger partial charge >= 0.3 is 0 Å². The normalized spacial score (nSPS) is 9.92. The molecule has 64 valence electrons. The van der Waals surface area contributed by atoms with Crippen LogP contribution in [0.2, 0.25) is 0 Å². The van der Waals surface area contributed by atoms with E-state index >= 15 is 0 Å². The molecular formula is C9H10BrNO. The van der Waals surface area contributed by atoms with Gasteiger partial charge in [-0.25, -0.2) is 0 Å². The first-order valence-corrected chi connectivity index (χ1v) is 4.49. The van der Waals surface area contributed by atoms with Gasteiger partial charge in [0.1, 0.15) is 5.78 Å². The van der Waals surface area contributed by atoms with Crippen LogP contribution in [0.25, 0.3) is 0 Å². The van der Waals surface area contributed by atoms with Crippen molar-refractivity contribution in [1.82, 2.24) is 4.98 Å². The van der Waals surface area contributed by atoms with E-state index in [9.17, 15) is 4.79 Å². The van der Waals surface area contributed by atoms with Crippen LogP contribution in [0.4, 0.5) is 0 Å². The predicted octanol–water partition coefficient (Wildman–Crippen LogP) is 2.28. The Labute approximate surface area is 80.1 Å². The molecule has 2 nitrogen and oxygen atoms in total. The van der Waals surface area contributed by atoms with Crippen molar-refractivity contribution in [3.63, 3.8) is 0 Å². The lowest BCUT2D eigenvalue weighted by molar-refractivity contribution is -0.116. The lowest BCUT2D eigenvalue weighted by Crippen LogP contribution is -2.01. The van der Waals surface area contributed by atoms with E-state index in [1.807, 2.05) is 13.0 Å². The van der Waals surface area contributed by atoms with E-state index in [0.29, 0.717) is 6.42 Å². The Hall–Kier alpha value is -0.700. The number of Topliss-reactive ketones (excluding diaryl/α,β-unsaturated/α-hetero) is 1. The molecule has 0 aromatic carbocycles. The van der Waals surface area contributed by atoms with E-state index in [1.165, 1.54) is 0 Å². The summed E-state index contributed by atoms with van der Waals surface area (Å²) in [5.74, 6) is 0.146. The Morgan fingerprint density at radius 2 is 2.33 bits per heavy atom. The van der Waals surface area contributed by atoms with Crippen molar-refractivity contribution in [2.45, 2.75) is 20.3 Å². The molecule has 12 heavy (non-hydrogen) atoms. The van der Waals surface area contributed by atoms with Gasteiger partial charge in [-0.1, -0.05) is 0 Å². The summed E-state index contributed by atoms with van der Waals surface area (Å²) in [5.41, 5.74) is 1.92. The summed E-state index contributed by atoms with van der Waals surface area (Å²) in [6.07, 6.45) is 2.14. The summed E-state index contributed by atoms with van der Waals surface area (Å²) < 4.78 is 0.951. The predicted molar refractivity (Wildman–Crippen MR) is 51.1 cm³/mol. The van der Waals surface area contributed by atoms with Crippen molar-refractivity contribution in [3.8, 4) is 0 Å². The van der Waals surface area contributed by atoms with Crippen LogP contribution in [0.15, 0.2) is 16.7 Å². The number of aromatic nitrogens is 1. The monoisotopic (exact) mass is 227 g/mol. The van der Waals surface area contributed by atoms with Gasteiger partial charge in [0.2, 0.25) is 0 Å². The Kier molecular flexibility index (Phi) is 2.98. The smallest absolute Gasteiger partial charge is 0.135 e. The Bertz CT molecular complexity index is 309. The molecule has 1 heterocycles. The van der Waals surface area contributed by atoms with E-state index < -0.39 is 0 Å². The SMILES string of the molecule is CC(=O)Cc1ncc(Br)cc1C. The fourth-order valence-electron chi connectivity index (χ4n) is 0.990. The Balaban J connectivity index is 2.93. The number of halogens is 1. The summed E-state index contributed by atoms with van der Waals surface area (Å²) in [5, 5.41) is 0. The number of nitrogens with zero attached hydrogens (tertiary/aromatic N) is 1. The molecular weight excluding hydrogens is 218 g/mol. The van der Waals surface area contributed by atoms with Crippen molar-refractivity contribution in [1.29, 1.82) is 0 Å². The first-order chi connectivity index (χ1) is 5.59. The number of hydrogen-bond acceptors (Lipinski definition) is 2. The van der Waals surface area contributed by atoms with Crippen molar-refractivity contribution in [2.24, 2.45) is 0 Å². The van der Waals surface area contributed by atoms with Crippen LogP contribution >= 0.6 is 15.9 Å². The summed E-state index contributed by atoms with van der Waals surface area (Å²) in [7, 11) is 0. The lowest BCUT2D eigenvalue weighted by Gasteiger charge is -2.01. The maximum absolute atomic E-state index is 10.8. The molecule has 0 N–H and O–H groups in total. The molecule has 0 amide bonds. The minimum Gasteiger partial charge on any atom is -0.300 e. The minimum absolute atomic E-state index is 0.146. The van der Waals surface area contributed by atoms with Crippen LogP contribution < -0.4 is 0 Å². The van der Waals surface area contributed by atoms with Crippen molar-refractivity contribution in [2.75, 3.05) is 0 Å². The highest BCUT2D eigenvalue weighted by Crippen LogP contribution is 2.13. The average molecular weight is 228 g/mol. The van der Waals surface area contributed by atoms with Crippen LogP contribution in [0.1, 0.15) is 18.2 Å².